The first-order valence-electron chi connectivity index (χ1n) is 8.00. The van der Waals surface area contributed by atoms with Gasteiger partial charge in [-0.1, -0.05) is 18.2 Å². The summed E-state index contributed by atoms with van der Waals surface area (Å²) in [5, 5.41) is 20.9. The van der Waals surface area contributed by atoms with Crippen LogP contribution in [-0.4, -0.2) is 28.7 Å². The summed E-state index contributed by atoms with van der Waals surface area (Å²) in [7, 11) is 1.60. The molecule has 2 aromatic carbocycles. The SMILES string of the molecule is COc1ccc(CSC2([C@](O)(CO)c3ccc(F)cc3F)CC2)cc1. The zero-order chi connectivity index (χ0) is 18.1. The van der Waals surface area contributed by atoms with E-state index in [1.165, 1.54) is 17.8 Å². The molecule has 1 saturated carbocycles. The molecule has 0 aliphatic heterocycles. The third-order valence-electron chi connectivity index (χ3n) is 4.74. The van der Waals surface area contributed by atoms with E-state index in [9.17, 15) is 19.0 Å². The van der Waals surface area contributed by atoms with Gasteiger partial charge < -0.3 is 14.9 Å². The van der Waals surface area contributed by atoms with Crippen LogP contribution in [0.3, 0.4) is 0 Å². The molecule has 0 amide bonds. The van der Waals surface area contributed by atoms with Gasteiger partial charge in [-0.05, 0) is 36.6 Å². The van der Waals surface area contributed by atoms with E-state index in [0.29, 0.717) is 18.6 Å². The Morgan fingerprint density at radius 1 is 1.16 bits per heavy atom. The van der Waals surface area contributed by atoms with Gasteiger partial charge >= 0.3 is 0 Å². The minimum Gasteiger partial charge on any atom is -0.497 e. The lowest BCUT2D eigenvalue weighted by molar-refractivity contribution is -0.0300. The summed E-state index contributed by atoms with van der Waals surface area (Å²) < 4.78 is 31.8. The first-order chi connectivity index (χ1) is 11.9. The maximum absolute atomic E-state index is 14.2. The van der Waals surface area contributed by atoms with Crippen LogP contribution >= 0.6 is 11.8 Å². The highest BCUT2D eigenvalue weighted by Gasteiger charge is 2.60. The Morgan fingerprint density at radius 2 is 1.84 bits per heavy atom. The van der Waals surface area contributed by atoms with Gasteiger partial charge in [-0.2, -0.15) is 0 Å². The number of aliphatic hydroxyl groups is 2. The Labute approximate surface area is 149 Å². The maximum atomic E-state index is 14.2. The van der Waals surface area contributed by atoms with Gasteiger partial charge in [-0.25, -0.2) is 8.78 Å². The van der Waals surface area contributed by atoms with Gasteiger partial charge in [0.25, 0.3) is 0 Å². The van der Waals surface area contributed by atoms with E-state index in [4.69, 9.17) is 4.74 Å². The van der Waals surface area contributed by atoms with Crippen molar-refractivity contribution in [1.82, 2.24) is 0 Å². The van der Waals surface area contributed by atoms with Crippen molar-refractivity contribution < 1.29 is 23.7 Å². The van der Waals surface area contributed by atoms with E-state index in [-0.39, 0.29) is 5.56 Å². The molecule has 6 heteroatoms. The molecule has 2 aromatic rings. The molecule has 1 fully saturated rings. The molecule has 0 saturated heterocycles. The second-order valence-electron chi connectivity index (χ2n) is 6.27. The summed E-state index contributed by atoms with van der Waals surface area (Å²) in [6.45, 7) is -0.620. The molecule has 0 unspecified atom stereocenters. The van der Waals surface area contributed by atoms with E-state index in [2.05, 4.69) is 0 Å². The van der Waals surface area contributed by atoms with E-state index in [1.54, 1.807) is 7.11 Å². The van der Waals surface area contributed by atoms with Crippen LogP contribution in [0, 0.1) is 11.6 Å². The molecule has 0 heterocycles. The van der Waals surface area contributed by atoms with E-state index in [0.717, 1.165) is 23.4 Å². The normalized spacial score (nSPS) is 17.8. The van der Waals surface area contributed by atoms with Crippen molar-refractivity contribution >= 4 is 11.8 Å². The number of methoxy groups -OCH3 is 1. The number of hydrogen-bond acceptors (Lipinski definition) is 4. The fourth-order valence-corrected chi connectivity index (χ4v) is 4.47. The van der Waals surface area contributed by atoms with Crippen LogP contribution in [0.2, 0.25) is 0 Å². The smallest absolute Gasteiger partial charge is 0.132 e. The first-order valence-corrected chi connectivity index (χ1v) is 8.98. The maximum Gasteiger partial charge on any atom is 0.132 e. The average molecular weight is 366 g/mol. The highest BCUT2D eigenvalue weighted by molar-refractivity contribution is 8.00. The van der Waals surface area contributed by atoms with Crippen LogP contribution in [-0.2, 0) is 11.4 Å². The van der Waals surface area contributed by atoms with Gasteiger partial charge in [0.05, 0.1) is 18.5 Å². The molecular weight excluding hydrogens is 346 g/mol. The van der Waals surface area contributed by atoms with Crippen molar-refractivity contribution in [2.24, 2.45) is 0 Å². The minimum atomic E-state index is -1.75. The summed E-state index contributed by atoms with van der Waals surface area (Å²) >= 11 is 1.48. The molecule has 2 N–H and O–H groups in total. The average Bonchev–Trinajstić information content (AvgIpc) is 3.41. The van der Waals surface area contributed by atoms with E-state index in [1.807, 2.05) is 24.3 Å². The van der Waals surface area contributed by atoms with Gasteiger partial charge in [-0.3, -0.25) is 0 Å². The van der Waals surface area contributed by atoms with Crippen molar-refractivity contribution in [2.45, 2.75) is 28.9 Å². The largest absolute Gasteiger partial charge is 0.497 e. The number of hydrogen-bond donors (Lipinski definition) is 2. The molecule has 0 aromatic heterocycles. The molecule has 0 spiro atoms. The van der Waals surface area contributed by atoms with E-state index >= 15 is 0 Å². The number of thioether (sulfide) groups is 1. The van der Waals surface area contributed by atoms with Gasteiger partial charge in [-0.15, -0.1) is 11.8 Å². The third kappa shape index (κ3) is 3.38. The highest BCUT2D eigenvalue weighted by atomic mass is 32.2. The second kappa shape index (κ2) is 6.94. The molecule has 0 radical (unpaired) electrons. The van der Waals surface area contributed by atoms with Crippen LogP contribution in [0.15, 0.2) is 42.5 Å². The Bertz CT molecular complexity index is 747. The number of rotatable bonds is 7. The number of ether oxygens (including phenoxy) is 1. The van der Waals surface area contributed by atoms with Crippen molar-refractivity contribution in [3.63, 3.8) is 0 Å². The summed E-state index contributed by atoms with van der Waals surface area (Å²) in [5.74, 6) is -0.185. The van der Waals surface area contributed by atoms with Crippen molar-refractivity contribution in [2.75, 3.05) is 13.7 Å². The lowest BCUT2D eigenvalue weighted by Crippen LogP contribution is -2.44. The topological polar surface area (TPSA) is 49.7 Å². The van der Waals surface area contributed by atoms with Crippen molar-refractivity contribution in [1.29, 1.82) is 0 Å². The monoisotopic (exact) mass is 366 g/mol. The fourth-order valence-electron chi connectivity index (χ4n) is 3.03. The van der Waals surface area contributed by atoms with E-state index < -0.39 is 28.6 Å². The molecule has 134 valence electrons. The molecule has 1 aliphatic carbocycles. The predicted molar refractivity (Wildman–Crippen MR) is 93.6 cm³/mol. The van der Waals surface area contributed by atoms with Gasteiger partial charge in [0.2, 0.25) is 0 Å². The number of benzene rings is 2. The molecule has 25 heavy (non-hydrogen) atoms. The standard InChI is InChI=1S/C19H20F2O3S/c1-24-15-5-2-13(3-6-15)11-25-18(8-9-18)19(23,12-22)16-7-4-14(20)10-17(16)21/h2-7,10,22-23H,8-9,11-12H2,1H3/t19-/m0/s1. The Hall–Kier alpha value is -1.63. The molecule has 0 bridgehead atoms. The zero-order valence-corrected chi connectivity index (χ0v) is 14.7. The first kappa shape index (κ1) is 18.2. The lowest BCUT2D eigenvalue weighted by Gasteiger charge is -2.35. The van der Waals surface area contributed by atoms with Crippen LogP contribution < -0.4 is 4.74 Å². The summed E-state index contributed by atoms with van der Waals surface area (Å²) in [4.78, 5) is 0. The zero-order valence-electron chi connectivity index (χ0n) is 13.8. The molecule has 3 rings (SSSR count). The Balaban J connectivity index is 1.81. The lowest BCUT2D eigenvalue weighted by atomic mass is 9.88. The Morgan fingerprint density at radius 3 is 2.36 bits per heavy atom. The van der Waals surface area contributed by atoms with Crippen molar-refractivity contribution in [3.05, 3.63) is 65.2 Å². The quantitative estimate of drug-likeness (QED) is 0.786. The number of halogens is 2. The molecule has 1 aliphatic rings. The summed E-state index contributed by atoms with van der Waals surface area (Å²) in [5.41, 5.74) is -0.768. The van der Waals surface area contributed by atoms with Gasteiger partial charge in [0.1, 0.15) is 23.0 Å². The highest BCUT2D eigenvalue weighted by Crippen LogP contribution is 2.60. The third-order valence-corrected chi connectivity index (χ3v) is 6.51. The number of aliphatic hydroxyl groups excluding tert-OH is 1. The molecule has 3 nitrogen and oxygen atoms in total. The van der Waals surface area contributed by atoms with Crippen molar-refractivity contribution in [3.8, 4) is 5.75 Å². The Kier molecular flexibility index (Phi) is 5.04. The second-order valence-corrected chi connectivity index (χ2v) is 7.63. The minimum absolute atomic E-state index is 0.0591. The van der Waals surface area contributed by atoms with Crippen LogP contribution in [0.4, 0.5) is 8.78 Å². The molecular formula is C19H20F2O3S. The van der Waals surface area contributed by atoms with Crippen LogP contribution in [0.25, 0.3) is 0 Å². The predicted octanol–water partition coefficient (Wildman–Crippen LogP) is 3.62. The van der Waals surface area contributed by atoms with Crippen LogP contribution in [0.5, 0.6) is 5.75 Å². The van der Waals surface area contributed by atoms with Gasteiger partial charge in [0.15, 0.2) is 0 Å². The van der Waals surface area contributed by atoms with Crippen LogP contribution in [0.1, 0.15) is 24.0 Å². The summed E-state index contributed by atoms with van der Waals surface area (Å²) in [6, 6.07) is 10.6. The molecule has 1 atom stereocenters. The fraction of sp³-hybridized carbons (Fsp3) is 0.368. The van der Waals surface area contributed by atoms with Gasteiger partial charge in [0, 0.05) is 17.4 Å². The summed E-state index contributed by atoms with van der Waals surface area (Å²) in [6.07, 6.45) is 1.31.